The van der Waals surface area contributed by atoms with Gasteiger partial charge in [0.1, 0.15) is 0 Å². The van der Waals surface area contributed by atoms with E-state index in [2.05, 4.69) is 15.6 Å². The number of nitrogens with two attached hydrogens (primary N) is 1. The van der Waals surface area contributed by atoms with Gasteiger partial charge in [0.2, 0.25) is 5.91 Å². The summed E-state index contributed by atoms with van der Waals surface area (Å²) in [6.07, 6.45) is 1.66. The summed E-state index contributed by atoms with van der Waals surface area (Å²) in [5.74, 6) is 0.0974. The first-order chi connectivity index (χ1) is 10.0. The smallest absolute Gasteiger partial charge is 0.249 e. The van der Waals surface area contributed by atoms with Crippen molar-refractivity contribution in [2.45, 2.75) is 25.9 Å². The maximum atomic E-state index is 12.5. The quantitative estimate of drug-likeness (QED) is 0.636. The Kier molecular flexibility index (Phi) is 5.27. The molecule has 4 N–H and O–H groups in total. The first-order valence-corrected chi connectivity index (χ1v) is 7.32. The maximum absolute atomic E-state index is 12.5. The third-order valence-corrected chi connectivity index (χ3v) is 3.79. The summed E-state index contributed by atoms with van der Waals surface area (Å²) in [7, 11) is 0. The predicted molar refractivity (Wildman–Crippen MR) is 77.4 cm³/mol. The number of hydrogen-bond acceptors (Lipinski definition) is 6. The summed E-state index contributed by atoms with van der Waals surface area (Å²) in [4.78, 5) is 14.2. The number of nitrogens with one attached hydrogen (secondary N) is 1. The van der Waals surface area contributed by atoms with Gasteiger partial charge in [-0.05, 0) is 5.92 Å². The van der Waals surface area contributed by atoms with Crippen LogP contribution in [-0.2, 0) is 4.79 Å². The molecule has 8 nitrogen and oxygen atoms in total. The van der Waals surface area contributed by atoms with Crippen molar-refractivity contribution in [3.63, 3.8) is 0 Å². The van der Waals surface area contributed by atoms with Gasteiger partial charge in [-0.2, -0.15) is 0 Å². The molecule has 1 aromatic heterocycles. The lowest BCUT2D eigenvalue weighted by molar-refractivity contribution is -0.136. The van der Waals surface area contributed by atoms with Crippen LogP contribution in [0.2, 0.25) is 0 Å². The molecule has 118 valence electrons. The minimum absolute atomic E-state index is 0.131. The highest BCUT2D eigenvalue weighted by Crippen LogP contribution is 2.18. The Morgan fingerprint density at radius 1 is 1.48 bits per heavy atom. The van der Waals surface area contributed by atoms with Crippen molar-refractivity contribution >= 4 is 5.91 Å². The van der Waals surface area contributed by atoms with Gasteiger partial charge >= 0.3 is 0 Å². The van der Waals surface area contributed by atoms with E-state index in [0.717, 1.165) is 13.1 Å². The number of nitrogens with zero attached hydrogens (tertiary/aromatic N) is 4. The van der Waals surface area contributed by atoms with Crippen molar-refractivity contribution in [1.82, 2.24) is 25.2 Å². The van der Waals surface area contributed by atoms with Crippen molar-refractivity contribution in [2.24, 2.45) is 11.7 Å². The Bertz CT molecular complexity index is 469. The lowest BCUT2D eigenvalue weighted by Gasteiger charge is -2.30. The van der Waals surface area contributed by atoms with E-state index in [0.29, 0.717) is 18.8 Å². The normalized spacial score (nSPS) is 18.8. The van der Waals surface area contributed by atoms with Crippen LogP contribution in [0.15, 0.2) is 6.20 Å². The number of carbonyl (C=O) groups excluding carboxylic acids is 1. The van der Waals surface area contributed by atoms with Crippen LogP contribution in [0.5, 0.6) is 0 Å². The van der Waals surface area contributed by atoms with E-state index in [9.17, 15) is 9.90 Å². The second-order valence-corrected chi connectivity index (χ2v) is 5.67. The van der Waals surface area contributed by atoms with Gasteiger partial charge in [-0.1, -0.05) is 19.1 Å². The van der Waals surface area contributed by atoms with Crippen molar-refractivity contribution in [2.75, 3.05) is 32.8 Å². The van der Waals surface area contributed by atoms with Crippen LogP contribution in [0.4, 0.5) is 0 Å². The van der Waals surface area contributed by atoms with Crippen LogP contribution in [0.25, 0.3) is 0 Å². The standard InChI is InChI=1S/C13H24N6O2/c1-9(2)12(14)10-7-19(17-16-10)11(8-20)13(21)18-5-3-15-4-6-18/h7,9,11-12,15,20H,3-6,8,14H2,1-2H3/t11-,12-/m0/s1. The zero-order valence-corrected chi connectivity index (χ0v) is 12.6. The zero-order valence-electron chi connectivity index (χ0n) is 12.6. The first kappa shape index (κ1) is 15.9. The first-order valence-electron chi connectivity index (χ1n) is 7.32. The molecule has 1 saturated heterocycles. The topological polar surface area (TPSA) is 109 Å². The highest BCUT2D eigenvalue weighted by atomic mass is 16.3. The molecule has 0 unspecified atom stereocenters. The molecule has 0 radical (unpaired) electrons. The largest absolute Gasteiger partial charge is 0.394 e. The van der Waals surface area contributed by atoms with Gasteiger partial charge in [-0.3, -0.25) is 4.79 Å². The number of carbonyl (C=O) groups is 1. The van der Waals surface area contributed by atoms with Crippen molar-refractivity contribution in [3.05, 3.63) is 11.9 Å². The van der Waals surface area contributed by atoms with Crippen molar-refractivity contribution in [3.8, 4) is 0 Å². The van der Waals surface area contributed by atoms with Crippen LogP contribution >= 0.6 is 0 Å². The third kappa shape index (κ3) is 3.58. The van der Waals surface area contributed by atoms with Crippen molar-refractivity contribution in [1.29, 1.82) is 0 Å². The molecular formula is C13H24N6O2. The molecule has 0 aliphatic carbocycles. The molecule has 1 amide bonds. The van der Waals surface area contributed by atoms with Crippen LogP contribution in [0.3, 0.4) is 0 Å². The van der Waals surface area contributed by atoms with E-state index in [4.69, 9.17) is 5.73 Å². The van der Waals surface area contributed by atoms with Crippen LogP contribution < -0.4 is 11.1 Å². The number of aliphatic hydroxyl groups excluding tert-OH is 1. The van der Waals surface area contributed by atoms with E-state index in [1.807, 2.05) is 13.8 Å². The second kappa shape index (κ2) is 6.97. The summed E-state index contributed by atoms with van der Waals surface area (Å²) < 4.78 is 1.42. The van der Waals surface area contributed by atoms with E-state index < -0.39 is 6.04 Å². The SMILES string of the molecule is CC(C)[C@H](N)c1cn([C@@H](CO)C(=O)N2CCNCC2)nn1. The van der Waals surface area contributed by atoms with Crippen LogP contribution in [0, 0.1) is 5.92 Å². The fourth-order valence-electron chi connectivity index (χ4n) is 2.31. The van der Waals surface area contributed by atoms with Gasteiger partial charge in [-0.15, -0.1) is 5.10 Å². The lowest BCUT2D eigenvalue weighted by atomic mass is 10.0. The monoisotopic (exact) mass is 296 g/mol. The Morgan fingerprint density at radius 3 is 2.71 bits per heavy atom. The Hall–Kier alpha value is -1.51. The molecule has 0 bridgehead atoms. The summed E-state index contributed by atoms with van der Waals surface area (Å²) in [5, 5.41) is 20.7. The average molecular weight is 296 g/mol. The Morgan fingerprint density at radius 2 is 2.14 bits per heavy atom. The van der Waals surface area contributed by atoms with E-state index in [1.54, 1.807) is 11.1 Å². The minimum atomic E-state index is -0.733. The molecule has 0 spiro atoms. The molecule has 0 saturated carbocycles. The lowest BCUT2D eigenvalue weighted by Crippen LogP contribution is -2.49. The molecule has 8 heteroatoms. The summed E-state index contributed by atoms with van der Waals surface area (Å²) in [6.45, 7) is 6.51. The third-order valence-electron chi connectivity index (χ3n) is 3.79. The van der Waals surface area contributed by atoms with Gasteiger partial charge in [0.25, 0.3) is 0 Å². The van der Waals surface area contributed by atoms with Crippen LogP contribution in [0.1, 0.15) is 31.6 Å². The molecular weight excluding hydrogens is 272 g/mol. The van der Waals surface area contributed by atoms with E-state index in [-0.39, 0.29) is 24.5 Å². The number of rotatable bonds is 5. The van der Waals surface area contributed by atoms with Crippen LogP contribution in [-0.4, -0.2) is 63.7 Å². The van der Waals surface area contributed by atoms with Gasteiger partial charge in [0.15, 0.2) is 6.04 Å². The summed E-state index contributed by atoms with van der Waals surface area (Å²) in [6, 6.07) is -0.962. The molecule has 1 fully saturated rings. The maximum Gasteiger partial charge on any atom is 0.249 e. The fraction of sp³-hybridized carbons (Fsp3) is 0.769. The number of hydrogen-bond donors (Lipinski definition) is 3. The molecule has 2 heterocycles. The molecule has 1 aliphatic rings. The second-order valence-electron chi connectivity index (χ2n) is 5.67. The number of aliphatic hydroxyl groups is 1. The molecule has 2 rings (SSSR count). The van der Waals surface area contributed by atoms with Gasteiger partial charge in [0.05, 0.1) is 24.5 Å². The predicted octanol–water partition coefficient (Wildman–Crippen LogP) is -1.10. The number of aromatic nitrogens is 3. The van der Waals surface area contributed by atoms with Gasteiger partial charge in [0, 0.05) is 26.2 Å². The molecule has 2 atom stereocenters. The molecule has 21 heavy (non-hydrogen) atoms. The molecule has 0 aromatic carbocycles. The summed E-state index contributed by atoms with van der Waals surface area (Å²) >= 11 is 0. The molecule has 1 aliphatic heterocycles. The zero-order chi connectivity index (χ0) is 15.4. The Labute approximate surface area is 124 Å². The van der Waals surface area contributed by atoms with Gasteiger partial charge in [-0.25, -0.2) is 4.68 Å². The van der Waals surface area contributed by atoms with E-state index >= 15 is 0 Å². The summed E-state index contributed by atoms with van der Waals surface area (Å²) in [5.41, 5.74) is 6.67. The highest BCUT2D eigenvalue weighted by molar-refractivity contribution is 5.80. The number of piperazine rings is 1. The minimum Gasteiger partial charge on any atom is -0.394 e. The van der Waals surface area contributed by atoms with Crippen molar-refractivity contribution < 1.29 is 9.90 Å². The molecule has 1 aromatic rings. The highest BCUT2D eigenvalue weighted by Gasteiger charge is 2.28. The fourth-order valence-corrected chi connectivity index (χ4v) is 2.31. The Balaban J connectivity index is 2.11. The number of amides is 1. The average Bonchev–Trinajstić information content (AvgIpc) is 2.97. The van der Waals surface area contributed by atoms with Gasteiger partial charge < -0.3 is 21.1 Å². The van der Waals surface area contributed by atoms with E-state index in [1.165, 1.54) is 4.68 Å².